The molecule has 1 aromatic rings. The molecule has 0 bridgehead atoms. The minimum atomic E-state index is 0.0978. The molecule has 1 heterocycles. The van der Waals surface area contributed by atoms with Crippen molar-refractivity contribution in [1.29, 1.82) is 0 Å². The quantitative estimate of drug-likeness (QED) is 0.877. The van der Waals surface area contributed by atoms with Crippen LogP contribution < -0.4 is 5.32 Å². The van der Waals surface area contributed by atoms with Gasteiger partial charge < -0.3 is 10.2 Å². The van der Waals surface area contributed by atoms with E-state index in [4.69, 9.17) is 0 Å². The first-order valence-corrected chi connectivity index (χ1v) is 8.60. The van der Waals surface area contributed by atoms with Crippen molar-refractivity contribution < 1.29 is 9.59 Å². The number of hydrogen-bond acceptors (Lipinski definition) is 3. The Morgan fingerprint density at radius 3 is 2.62 bits per heavy atom. The van der Waals surface area contributed by atoms with Crippen LogP contribution in [0.4, 0.5) is 5.00 Å². The maximum Gasteiger partial charge on any atom is 0.264 e. The minimum Gasteiger partial charge on any atom is -0.338 e. The first kappa shape index (κ1) is 14.6. The highest BCUT2D eigenvalue weighted by atomic mass is 32.1. The van der Waals surface area contributed by atoms with E-state index in [1.54, 1.807) is 0 Å². The largest absolute Gasteiger partial charge is 0.338 e. The monoisotopic (exact) mass is 306 g/mol. The Balaban J connectivity index is 1.69. The molecule has 1 aromatic heterocycles. The Labute approximate surface area is 129 Å². The zero-order chi connectivity index (χ0) is 15.0. The SMILES string of the molecule is CCN(CC1CC1)C(=O)c1sc(NC(=O)C2CC2)cc1C. The lowest BCUT2D eigenvalue weighted by molar-refractivity contribution is -0.117. The number of nitrogens with zero attached hydrogens (tertiary/aromatic N) is 1. The number of amides is 2. The van der Waals surface area contributed by atoms with Crippen LogP contribution in [0.2, 0.25) is 0 Å². The van der Waals surface area contributed by atoms with Crippen molar-refractivity contribution in [2.45, 2.75) is 39.5 Å². The molecule has 0 aliphatic heterocycles. The fraction of sp³-hybridized carbons (Fsp3) is 0.625. The third-order valence-corrected chi connectivity index (χ3v) is 5.29. The summed E-state index contributed by atoms with van der Waals surface area (Å²) in [6.07, 6.45) is 4.48. The number of rotatable bonds is 6. The Bertz CT molecular complexity index is 559. The molecule has 2 fully saturated rings. The van der Waals surface area contributed by atoms with E-state index < -0.39 is 0 Å². The van der Waals surface area contributed by atoms with Gasteiger partial charge in [0, 0.05) is 19.0 Å². The Kier molecular flexibility index (Phi) is 4.02. The summed E-state index contributed by atoms with van der Waals surface area (Å²) < 4.78 is 0. The lowest BCUT2D eigenvalue weighted by Crippen LogP contribution is -2.32. The second-order valence-electron chi connectivity index (χ2n) is 6.17. The molecule has 0 spiro atoms. The Morgan fingerprint density at radius 2 is 2.05 bits per heavy atom. The van der Waals surface area contributed by atoms with Crippen LogP contribution in [0.1, 0.15) is 47.8 Å². The Morgan fingerprint density at radius 1 is 1.33 bits per heavy atom. The second-order valence-corrected chi connectivity index (χ2v) is 7.23. The molecule has 0 aromatic carbocycles. The Hall–Kier alpha value is -1.36. The molecule has 21 heavy (non-hydrogen) atoms. The summed E-state index contributed by atoms with van der Waals surface area (Å²) in [5.41, 5.74) is 0.963. The van der Waals surface area contributed by atoms with Crippen molar-refractivity contribution in [2.24, 2.45) is 11.8 Å². The average molecular weight is 306 g/mol. The van der Waals surface area contributed by atoms with Crippen LogP contribution in [0, 0.1) is 18.8 Å². The van der Waals surface area contributed by atoms with E-state index >= 15 is 0 Å². The third kappa shape index (κ3) is 3.46. The van der Waals surface area contributed by atoms with Crippen molar-refractivity contribution in [3.05, 3.63) is 16.5 Å². The second kappa shape index (κ2) is 5.79. The number of nitrogens with one attached hydrogen (secondary N) is 1. The van der Waals surface area contributed by atoms with Gasteiger partial charge in [0.15, 0.2) is 0 Å². The molecular weight excluding hydrogens is 284 g/mol. The lowest BCUT2D eigenvalue weighted by atomic mass is 10.2. The molecule has 2 aliphatic carbocycles. The average Bonchev–Trinajstić information content (AvgIpc) is 3.35. The maximum absolute atomic E-state index is 12.6. The highest BCUT2D eigenvalue weighted by Crippen LogP contribution is 2.34. The van der Waals surface area contributed by atoms with Gasteiger partial charge >= 0.3 is 0 Å². The van der Waals surface area contributed by atoms with Crippen LogP contribution in [0.15, 0.2) is 6.07 Å². The molecule has 2 amide bonds. The van der Waals surface area contributed by atoms with Gasteiger partial charge in [-0.15, -0.1) is 11.3 Å². The van der Waals surface area contributed by atoms with Crippen LogP contribution in [0.3, 0.4) is 0 Å². The summed E-state index contributed by atoms with van der Waals surface area (Å²) in [5.74, 6) is 1.09. The predicted octanol–water partition coefficient (Wildman–Crippen LogP) is 3.28. The molecule has 0 unspecified atom stereocenters. The van der Waals surface area contributed by atoms with Crippen molar-refractivity contribution in [3.8, 4) is 0 Å². The normalized spacial score (nSPS) is 17.6. The summed E-state index contributed by atoms with van der Waals surface area (Å²) in [4.78, 5) is 27.1. The van der Waals surface area contributed by atoms with Gasteiger partial charge in [0.2, 0.25) is 5.91 Å². The van der Waals surface area contributed by atoms with Gasteiger partial charge in [-0.1, -0.05) is 0 Å². The van der Waals surface area contributed by atoms with E-state index in [1.165, 1.54) is 24.2 Å². The van der Waals surface area contributed by atoms with Gasteiger partial charge in [-0.05, 0) is 57.1 Å². The molecule has 0 saturated heterocycles. The van der Waals surface area contributed by atoms with Gasteiger partial charge in [0.05, 0.1) is 9.88 Å². The highest BCUT2D eigenvalue weighted by Gasteiger charge is 2.31. The molecule has 3 rings (SSSR count). The van der Waals surface area contributed by atoms with Crippen LogP contribution in [0.5, 0.6) is 0 Å². The number of anilines is 1. The summed E-state index contributed by atoms with van der Waals surface area (Å²) in [7, 11) is 0. The summed E-state index contributed by atoms with van der Waals surface area (Å²) in [5, 5.41) is 3.74. The molecule has 114 valence electrons. The van der Waals surface area contributed by atoms with Crippen molar-refractivity contribution >= 4 is 28.2 Å². The van der Waals surface area contributed by atoms with E-state index in [2.05, 4.69) is 5.32 Å². The van der Waals surface area contributed by atoms with Gasteiger partial charge in [0.25, 0.3) is 5.91 Å². The van der Waals surface area contributed by atoms with Crippen LogP contribution in [0.25, 0.3) is 0 Å². The number of carbonyl (C=O) groups is 2. The third-order valence-electron chi connectivity index (χ3n) is 4.15. The standard InChI is InChI=1S/C16H22N2O2S/c1-3-18(9-11-4-5-11)16(20)14-10(2)8-13(21-14)17-15(19)12-6-7-12/h8,11-12H,3-7,9H2,1-2H3,(H,17,19). The molecule has 2 saturated carbocycles. The zero-order valence-electron chi connectivity index (χ0n) is 12.6. The van der Waals surface area contributed by atoms with Gasteiger partial charge in [-0.3, -0.25) is 9.59 Å². The van der Waals surface area contributed by atoms with Crippen molar-refractivity contribution in [3.63, 3.8) is 0 Å². The van der Waals surface area contributed by atoms with Gasteiger partial charge in [0.1, 0.15) is 0 Å². The van der Waals surface area contributed by atoms with Gasteiger partial charge in [-0.2, -0.15) is 0 Å². The lowest BCUT2D eigenvalue weighted by Gasteiger charge is -2.20. The van der Waals surface area contributed by atoms with E-state index in [0.29, 0.717) is 5.92 Å². The topological polar surface area (TPSA) is 49.4 Å². The zero-order valence-corrected chi connectivity index (χ0v) is 13.5. The van der Waals surface area contributed by atoms with Crippen LogP contribution >= 0.6 is 11.3 Å². The van der Waals surface area contributed by atoms with Gasteiger partial charge in [-0.25, -0.2) is 0 Å². The molecular formula is C16H22N2O2S. The molecule has 0 atom stereocenters. The first-order valence-electron chi connectivity index (χ1n) is 7.79. The van der Waals surface area contributed by atoms with E-state index in [0.717, 1.165) is 41.4 Å². The van der Waals surface area contributed by atoms with Crippen molar-refractivity contribution in [2.75, 3.05) is 18.4 Å². The molecule has 0 radical (unpaired) electrons. The number of thiophene rings is 1. The van der Waals surface area contributed by atoms with Crippen LogP contribution in [-0.2, 0) is 4.79 Å². The van der Waals surface area contributed by atoms with E-state index in [-0.39, 0.29) is 17.7 Å². The van der Waals surface area contributed by atoms with Crippen LogP contribution in [-0.4, -0.2) is 29.8 Å². The molecule has 1 N–H and O–H groups in total. The van der Waals surface area contributed by atoms with E-state index in [1.807, 2.05) is 24.8 Å². The predicted molar refractivity (Wildman–Crippen MR) is 84.7 cm³/mol. The van der Waals surface area contributed by atoms with Crippen molar-refractivity contribution in [1.82, 2.24) is 4.90 Å². The maximum atomic E-state index is 12.6. The fourth-order valence-electron chi connectivity index (χ4n) is 2.44. The highest BCUT2D eigenvalue weighted by molar-refractivity contribution is 7.18. The minimum absolute atomic E-state index is 0.0978. The summed E-state index contributed by atoms with van der Waals surface area (Å²) >= 11 is 1.41. The number of aryl methyl sites for hydroxylation is 1. The van der Waals surface area contributed by atoms with E-state index in [9.17, 15) is 9.59 Å². The molecule has 4 nitrogen and oxygen atoms in total. The smallest absolute Gasteiger partial charge is 0.264 e. The summed E-state index contributed by atoms with van der Waals surface area (Å²) in [6, 6.07) is 1.92. The molecule has 5 heteroatoms. The first-order chi connectivity index (χ1) is 10.1. The summed E-state index contributed by atoms with van der Waals surface area (Å²) in [6.45, 7) is 5.59. The number of carbonyl (C=O) groups excluding carboxylic acids is 2. The molecule has 2 aliphatic rings. The number of hydrogen-bond donors (Lipinski definition) is 1. The fourth-order valence-corrected chi connectivity index (χ4v) is 3.48.